The first-order valence-corrected chi connectivity index (χ1v) is 15.8. The number of esters is 4. The molecule has 11 heteroatoms. The van der Waals surface area contributed by atoms with Crippen molar-refractivity contribution in [2.24, 2.45) is 23.7 Å². The fourth-order valence-electron chi connectivity index (χ4n) is 5.30. The smallest absolute Gasteiger partial charge is 0.310 e. The number of hydrogen-bond donors (Lipinski definition) is 0. The molecule has 1 heterocycles. The van der Waals surface area contributed by atoms with Crippen LogP contribution in [0.25, 0.3) is 0 Å². The number of carbonyl (C=O) groups excluding carboxylic acids is 4. The number of fused-ring (bicyclic) bond motifs is 2. The zero-order chi connectivity index (χ0) is 30.5. The van der Waals surface area contributed by atoms with Gasteiger partial charge in [0.15, 0.2) is 0 Å². The standard InChI is InChI=1S/C32H48O11/c33-29-25-11-5-7-13-27(25)31(35)42-23-21-38-19-17-37-18-20-39-22-24-43-32(36)28-14-8-6-12-26(28)30(34)41-16-10-4-2-1-3-9-15-40-29/h5-8,25-28H,1-4,9-24H2/t25-,26+,27+,28-. The van der Waals surface area contributed by atoms with E-state index >= 15 is 0 Å². The van der Waals surface area contributed by atoms with Gasteiger partial charge in [-0.1, -0.05) is 50.0 Å². The Morgan fingerprint density at radius 1 is 0.349 bits per heavy atom. The summed E-state index contributed by atoms with van der Waals surface area (Å²) in [6, 6.07) is 0. The van der Waals surface area contributed by atoms with Gasteiger partial charge in [0.2, 0.25) is 0 Å². The molecule has 3 aliphatic rings. The minimum atomic E-state index is -0.552. The first-order chi connectivity index (χ1) is 21.1. The van der Waals surface area contributed by atoms with Crippen molar-refractivity contribution in [1.82, 2.24) is 0 Å². The summed E-state index contributed by atoms with van der Waals surface area (Å²) in [4.78, 5) is 50.7. The number of ether oxygens (including phenoxy) is 7. The Kier molecular flexibility index (Phi) is 17.0. The molecule has 43 heavy (non-hydrogen) atoms. The van der Waals surface area contributed by atoms with Crippen molar-refractivity contribution in [1.29, 1.82) is 0 Å². The molecule has 1 saturated heterocycles. The van der Waals surface area contributed by atoms with Crippen LogP contribution in [0.3, 0.4) is 0 Å². The van der Waals surface area contributed by atoms with Gasteiger partial charge < -0.3 is 33.2 Å². The van der Waals surface area contributed by atoms with E-state index in [0.29, 0.717) is 65.3 Å². The van der Waals surface area contributed by atoms with E-state index in [2.05, 4.69) is 0 Å². The van der Waals surface area contributed by atoms with Crippen LogP contribution in [0.15, 0.2) is 24.3 Å². The molecule has 1 fully saturated rings. The molecule has 0 radical (unpaired) electrons. The van der Waals surface area contributed by atoms with Gasteiger partial charge >= 0.3 is 23.9 Å². The number of carbonyl (C=O) groups is 4. The minimum Gasteiger partial charge on any atom is -0.465 e. The van der Waals surface area contributed by atoms with E-state index in [0.717, 1.165) is 38.5 Å². The van der Waals surface area contributed by atoms with Gasteiger partial charge in [-0.05, 0) is 38.5 Å². The van der Waals surface area contributed by atoms with E-state index in [-0.39, 0.29) is 38.4 Å². The van der Waals surface area contributed by atoms with Crippen LogP contribution in [0.5, 0.6) is 0 Å². The summed E-state index contributed by atoms with van der Waals surface area (Å²) in [7, 11) is 0. The second-order valence-corrected chi connectivity index (χ2v) is 10.9. The SMILES string of the molecule is O=C1OCCOCCOCCOCCOC(=O)[C@@H]2CC=CC[C@@H]2C(=O)OCCCCCCCCOC(=O)[C@@H]2CC=CC[C@H]12. The van der Waals surface area contributed by atoms with Crippen LogP contribution in [-0.4, -0.2) is 89.9 Å². The molecule has 0 N–H and O–H groups in total. The molecule has 3 rings (SSSR count). The van der Waals surface area contributed by atoms with Crippen molar-refractivity contribution >= 4 is 23.9 Å². The van der Waals surface area contributed by atoms with Crippen LogP contribution in [0.2, 0.25) is 0 Å². The number of allylic oxidation sites excluding steroid dienone is 4. The molecule has 242 valence electrons. The van der Waals surface area contributed by atoms with Crippen molar-refractivity contribution in [2.45, 2.75) is 64.2 Å². The molecular weight excluding hydrogens is 560 g/mol. The zero-order valence-corrected chi connectivity index (χ0v) is 25.3. The molecule has 0 saturated carbocycles. The van der Waals surface area contributed by atoms with Crippen LogP contribution < -0.4 is 0 Å². The maximum Gasteiger partial charge on any atom is 0.310 e. The van der Waals surface area contributed by atoms with Gasteiger partial charge in [-0.3, -0.25) is 19.2 Å². The molecule has 0 aromatic carbocycles. The Bertz CT molecular complexity index is 843. The molecule has 0 bridgehead atoms. The van der Waals surface area contributed by atoms with Gasteiger partial charge in [0, 0.05) is 0 Å². The summed E-state index contributed by atoms with van der Waals surface area (Å²) < 4.78 is 38.1. The van der Waals surface area contributed by atoms with Gasteiger partial charge in [0.25, 0.3) is 0 Å². The van der Waals surface area contributed by atoms with Gasteiger partial charge in [-0.15, -0.1) is 0 Å². The summed E-state index contributed by atoms with van der Waals surface area (Å²) in [5.74, 6) is -3.71. The third-order valence-corrected chi connectivity index (χ3v) is 7.79. The summed E-state index contributed by atoms with van der Waals surface area (Å²) in [5, 5.41) is 0. The molecule has 0 unspecified atom stereocenters. The minimum absolute atomic E-state index is 0.0980. The molecule has 0 amide bonds. The average Bonchev–Trinajstić information content (AvgIpc) is 3.03. The lowest BCUT2D eigenvalue weighted by Crippen LogP contribution is -2.34. The van der Waals surface area contributed by atoms with Crippen molar-refractivity contribution in [2.75, 3.05) is 66.1 Å². The van der Waals surface area contributed by atoms with Crippen molar-refractivity contribution in [3.63, 3.8) is 0 Å². The highest BCUT2D eigenvalue weighted by Gasteiger charge is 2.37. The van der Waals surface area contributed by atoms with E-state index < -0.39 is 35.6 Å². The summed E-state index contributed by atoms with van der Waals surface area (Å²) in [5.41, 5.74) is 0. The zero-order valence-electron chi connectivity index (χ0n) is 25.3. The average molecular weight is 609 g/mol. The fourth-order valence-corrected chi connectivity index (χ4v) is 5.30. The maximum absolute atomic E-state index is 12.7. The van der Waals surface area contributed by atoms with Gasteiger partial charge in [0.1, 0.15) is 13.2 Å². The van der Waals surface area contributed by atoms with E-state index in [1.165, 1.54) is 0 Å². The molecule has 1 aliphatic heterocycles. The molecule has 0 aromatic rings. The third kappa shape index (κ3) is 13.2. The van der Waals surface area contributed by atoms with Crippen molar-refractivity contribution in [3.8, 4) is 0 Å². The van der Waals surface area contributed by atoms with Crippen LogP contribution in [0, 0.1) is 23.7 Å². The molecule has 4 atom stereocenters. The first kappa shape index (κ1) is 34.7. The molecular formula is C32H48O11. The van der Waals surface area contributed by atoms with E-state index in [1.807, 2.05) is 24.3 Å². The van der Waals surface area contributed by atoms with Gasteiger partial charge in [0.05, 0.1) is 76.5 Å². The van der Waals surface area contributed by atoms with Crippen molar-refractivity contribution < 1.29 is 52.3 Å². The Morgan fingerprint density at radius 2 is 0.605 bits per heavy atom. The predicted molar refractivity (Wildman–Crippen MR) is 155 cm³/mol. The number of rotatable bonds is 0. The van der Waals surface area contributed by atoms with Crippen molar-refractivity contribution in [3.05, 3.63) is 24.3 Å². The largest absolute Gasteiger partial charge is 0.465 e. The molecule has 2 aliphatic carbocycles. The molecule has 0 spiro atoms. The molecule has 11 nitrogen and oxygen atoms in total. The predicted octanol–water partition coefficient (Wildman–Crippen LogP) is 3.73. The summed E-state index contributed by atoms with van der Waals surface area (Å²) >= 11 is 0. The second-order valence-electron chi connectivity index (χ2n) is 10.9. The summed E-state index contributed by atoms with van der Waals surface area (Å²) in [6.45, 7) is 2.64. The van der Waals surface area contributed by atoms with Gasteiger partial charge in [-0.2, -0.15) is 0 Å². The van der Waals surface area contributed by atoms with Crippen LogP contribution in [-0.2, 0) is 52.3 Å². The Hall–Kier alpha value is -2.76. The normalized spacial score (nSPS) is 29.4. The van der Waals surface area contributed by atoms with Crippen LogP contribution in [0.4, 0.5) is 0 Å². The van der Waals surface area contributed by atoms with E-state index in [9.17, 15) is 19.2 Å². The Labute approximate surface area is 254 Å². The third-order valence-electron chi connectivity index (χ3n) is 7.79. The highest BCUT2D eigenvalue weighted by molar-refractivity contribution is 5.83. The number of hydrogen-bond acceptors (Lipinski definition) is 11. The van der Waals surface area contributed by atoms with Crippen LogP contribution >= 0.6 is 0 Å². The second kappa shape index (κ2) is 21.0. The highest BCUT2D eigenvalue weighted by atomic mass is 16.6. The first-order valence-electron chi connectivity index (χ1n) is 15.8. The van der Waals surface area contributed by atoms with E-state index in [4.69, 9.17) is 33.2 Å². The highest BCUT2D eigenvalue weighted by Crippen LogP contribution is 2.29. The van der Waals surface area contributed by atoms with Gasteiger partial charge in [-0.25, -0.2) is 0 Å². The molecule has 0 aromatic heterocycles. The fraction of sp³-hybridized carbons (Fsp3) is 0.750. The monoisotopic (exact) mass is 608 g/mol. The van der Waals surface area contributed by atoms with E-state index in [1.54, 1.807) is 0 Å². The van der Waals surface area contributed by atoms with Crippen LogP contribution in [0.1, 0.15) is 64.2 Å². The summed E-state index contributed by atoms with van der Waals surface area (Å²) in [6.07, 6.45) is 14.7. The topological polar surface area (TPSA) is 133 Å². The Morgan fingerprint density at radius 3 is 0.930 bits per heavy atom. The quantitative estimate of drug-likeness (QED) is 0.226. The number of cyclic esters (lactones) is 4. The Balaban J connectivity index is 1.43. The lowest BCUT2D eigenvalue weighted by atomic mass is 9.83. The maximum atomic E-state index is 12.7. The lowest BCUT2D eigenvalue weighted by molar-refractivity contribution is -0.162. The lowest BCUT2D eigenvalue weighted by Gasteiger charge is -2.25.